The van der Waals surface area contributed by atoms with Crippen LogP contribution in [0.25, 0.3) is 0 Å². The Labute approximate surface area is 199 Å². The lowest BCUT2D eigenvalue weighted by Gasteiger charge is -2.31. The van der Waals surface area contributed by atoms with Gasteiger partial charge in [0.25, 0.3) is 0 Å². The van der Waals surface area contributed by atoms with Crippen molar-refractivity contribution in [2.45, 2.75) is 37.8 Å². The highest BCUT2D eigenvalue weighted by atomic mass is 35.5. The van der Waals surface area contributed by atoms with E-state index >= 15 is 0 Å². The van der Waals surface area contributed by atoms with E-state index < -0.39 is 0 Å². The van der Waals surface area contributed by atoms with Crippen LogP contribution in [0.15, 0.2) is 91.1 Å². The normalized spacial score (nSPS) is 18.2. The Morgan fingerprint density at radius 2 is 1.64 bits per heavy atom. The van der Waals surface area contributed by atoms with Crippen LogP contribution >= 0.6 is 11.6 Å². The number of anilines is 1. The zero-order valence-corrected chi connectivity index (χ0v) is 19.2. The Morgan fingerprint density at radius 1 is 1.00 bits per heavy atom. The fourth-order valence-corrected chi connectivity index (χ4v) is 4.84. The molecule has 0 saturated heterocycles. The number of Topliss-reactive ketones (excluding diaryl/α,β-unsaturated/α-hetero) is 1. The molecule has 0 radical (unpaired) electrons. The van der Waals surface area contributed by atoms with E-state index in [2.05, 4.69) is 53.7 Å². The average molecular weight is 456 g/mol. The molecule has 0 bridgehead atoms. The SMILES string of the molecule is CC1CC(c2ccccc2)Nc2c(C(=O)CC(c3ccccc3)c3ccc(Cl)cc3)cnn21. The van der Waals surface area contributed by atoms with Crippen LogP contribution in [0, 0.1) is 0 Å². The fraction of sp³-hybridized carbons (Fsp3) is 0.214. The summed E-state index contributed by atoms with van der Waals surface area (Å²) >= 11 is 6.12. The molecule has 3 aromatic carbocycles. The second-order valence-electron chi connectivity index (χ2n) is 8.69. The van der Waals surface area contributed by atoms with Gasteiger partial charge in [0.1, 0.15) is 5.82 Å². The Hall–Kier alpha value is -3.37. The summed E-state index contributed by atoms with van der Waals surface area (Å²) in [5.41, 5.74) is 4.05. The molecule has 0 fully saturated rings. The number of nitrogens with zero attached hydrogens (tertiary/aromatic N) is 2. The number of aromatic nitrogens is 2. The Morgan fingerprint density at radius 3 is 2.33 bits per heavy atom. The van der Waals surface area contributed by atoms with Crippen molar-refractivity contribution < 1.29 is 4.79 Å². The van der Waals surface area contributed by atoms with E-state index in [4.69, 9.17) is 11.6 Å². The van der Waals surface area contributed by atoms with Crippen molar-refractivity contribution in [2.75, 3.05) is 5.32 Å². The molecule has 0 spiro atoms. The maximum absolute atomic E-state index is 13.6. The zero-order chi connectivity index (χ0) is 22.8. The van der Waals surface area contributed by atoms with Gasteiger partial charge in [-0.25, -0.2) is 4.68 Å². The number of hydrogen-bond donors (Lipinski definition) is 1. The van der Waals surface area contributed by atoms with E-state index in [0.29, 0.717) is 17.0 Å². The average Bonchev–Trinajstić information content (AvgIpc) is 3.29. The highest BCUT2D eigenvalue weighted by molar-refractivity contribution is 6.30. The number of carbonyl (C=O) groups excluding carboxylic acids is 1. The van der Waals surface area contributed by atoms with Crippen molar-refractivity contribution in [3.8, 4) is 0 Å². The first-order chi connectivity index (χ1) is 16.1. The third kappa shape index (κ3) is 4.44. The van der Waals surface area contributed by atoms with E-state index in [1.54, 1.807) is 6.20 Å². The highest BCUT2D eigenvalue weighted by Crippen LogP contribution is 2.38. The number of hydrogen-bond acceptors (Lipinski definition) is 3. The van der Waals surface area contributed by atoms with E-state index in [0.717, 1.165) is 23.4 Å². The molecule has 2 heterocycles. The first-order valence-corrected chi connectivity index (χ1v) is 11.7. The second-order valence-corrected chi connectivity index (χ2v) is 9.12. The summed E-state index contributed by atoms with van der Waals surface area (Å²) in [5.74, 6) is 0.835. The maximum atomic E-state index is 13.6. The molecule has 166 valence electrons. The van der Waals surface area contributed by atoms with Gasteiger partial charge in [0.05, 0.1) is 23.8 Å². The molecule has 5 heteroatoms. The van der Waals surface area contributed by atoms with Crippen LogP contribution < -0.4 is 5.32 Å². The molecule has 4 nitrogen and oxygen atoms in total. The third-order valence-electron chi connectivity index (χ3n) is 6.47. The van der Waals surface area contributed by atoms with Crippen molar-refractivity contribution in [3.05, 3.63) is 118 Å². The molecule has 3 unspecified atom stereocenters. The van der Waals surface area contributed by atoms with Crippen molar-refractivity contribution in [1.29, 1.82) is 0 Å². The summed E-state index contributed by atoms with van der Waals surface area (Å²) in [6.07, 6.45) is 3.00. The van der Waals surface area contributed by atoms with E-state index in [-0.39, 0.29) is 23.8 Å². The predicted molar refractivity (Wildman–Crippen MR) is 133 cm³/mol. The lowest BCUT2D eigenvalue weighted by Crippen LogP contribution is -2.26. The van der Waals surface area contributed by atoms with Gasteiger partial charge in [-0.1, -0.05) is 84.4 Å². The van der Waals surface area contributed by atoms with E-state index in [1.807, 2.05) is 53.2 Å². The summed E-state index contributed by atoms with van der Waals surface area (Å²) in [5, 5.41) is 8.85. The largest absolute Gasteiger partial charge is 0.363 e. The molecule has 1 aliphatic rings. The summed E-state index contributed by atoms with van der Waals surface area (Å²) < 4.78 is 1.95. The number of ketones is 1. The van der Waals surface area contributed by atoms with Gasteiger partial charge in [-0.2, -0.15) is 5.10 Å². The molecule has 1 aromatic heterocycles. The van der Waals surface area contributed by atoms with E-state index in [9.17, 15) is 4.79 Å². The van der Waals surface area contributed by atoms with Crippen molar-refractivity contribution >= 4 is 23.2 Å². The van der Waals surface area contributed by atoms with Gasteiger partial charge in [-0.3, -0.25) is 4.79 Å². The summed E-state index contributed by atoms with van der Waals surface area (Å²) in [6, 6.07) is 28.7. The molecule has 3 atom stereocenters. The van der Waals surface area contributed by atoms with Gasteiger partial charge in [-0.15, -0.1) is 0 Å². The van der Waals surface area contributed by atoms with Crippen molar-refractivity contribution in [3.63, 3.8) is 0 Å². The lowest BCUT2D eigenvalue weighted by molar-refractivity contribution is 0.0978. The van der Waals surface area contributed by atoms with E-state index in [1.165, 1.54) is 5.56 Å². The zero-order valence-electron chi connectivity index (χ0n) is 18.5. The minimum atomic E-state index is -0.0579. The molecule has 0 aliphatic carbocycles. The molecule has 1 aliphatic heterocycles. The fourth-order valence-electron chi connectivity index (χ4n) is 4.72. The van der Waals surface area contributed by atoms with Crippen LogP contribution in [0.3, 0.4) is 0 Å². The number of halogens is 1. The van der Waals surface area contributed by atoms with Crippen LogP contribution in [0.1, 0.15) is 64.8 Å². The summed E-state index contributed by atoms with van der Waals surface area (Å²) in [7, 11) is 0. The number of rotatable bonds is 6. The first kappa shape index (κ1) is 21.5. The van der Waals surface area contributed by atoms with Crippen LogP contribution in [-0.4, -0.2) is 15.6 Å². The smallest absolute Gasteiger partial charge is 0.169 e. The molecule has 33 heavy (non-hydrogen) atoms. The minimum absolute atomic E-state index is 0.0579. The van der Waals surface area contributed by atoms with Gasteiger partial charge in [0.15, 0.2) is 5.78 Å². The standard InChI is InChI=1S/C28H26ClN3O/c1-19-16-26(22-10-6-3-7-11-22)31-28-25(18-30-32(19)28)27(33)17-24(20-8-4-2-5-9-20)21-12-14-23(29)15-13-21/h2-15,18-19,24,26,31H,16-17H2,1H3. The molecular weight excluding hydrogens is 430 g/mol. The van der Waals surface area contributed by atoms with Crippen LogP contribution in [-0.2, 0) is 0 Å². The van der Waals surface area contributed by atoms with Crippen LogP contribution in [0.5, 0.6) is 0 Å². The van der Waals surface area contributed by atoms with Gasteiger partial charge in [0.2, 0.25) is 0 Å². The quantitative estimate of drug-likeness (QED) is 0.316. The summed E-state index contributed by atoms with van der Waals surface area (Å²) in [6.45, 7) is 2.15. The molecular formula is C28H26ClN3O. The molecule has 4 aromatic rings. The number of benzene rings is 3. The van der Waals surface area contributed by atoms with Crippen LogP contribution in [0.4, 0.5) is 5.82 Å². The third-order valence-corrected chi connectivity index (χ3v) is 6.72. The predicted octanol–water partition coefficient (Wildman–Crippen LogP) is 7.06. The minimum Gasteiger partial charge on any atom is -0.363 e. The topological polar surface area (TPSA) is 46.9 Å². The molecule has 1 N–H and O–H groups in total. The lowest BCUT2D eigenvalue weighted by atomic mass is 9.86. The highest BCUT2D eigenvalue weighted by Gasteiger charge is 2.30. The summed E-state index contributed by atoms with van der Waals surface area (Å²) in [4.78, 5) is 13.6. The molecule has 0 amide bonds. The van der Waals surface area contributed by atoms with Crippen molar-refractivity contribution in [2.24, 2.45) is 0 Å². The molecule has 5 rings (SSSR count). The number of fused-ring (bicyclic) bond motifs is 1. The monoisotopic (exact) mass is 455 g/mol. The maximum Gasteiger partial charge on any atom is 0.169 e. The second kappa shape index (κ2) is 9.24. The van der Waals surface area contributed by atoms with Gasteiger partial charge in [-0.05, 0) is 42.2 Å². The Bertz CT molecular complexity index is 1240. The first-order valence-electron chi connectivity index (χ1n) is 11.3. The number of nitrogens with one attached hydrogen (secondary N) is 1. The van der Waals surface area contributed by atoms with Crippen molar-refractivity contribution in [1.82, 2.24) is 9.78 Å². The Kier molecular flexibility index (Phi) is 6.01. The number of carbonyl (C=O) groups is 1. The van der Waals surface area contributed by atoms with Crippen LogP contribution in [0.2, 0.25) is 5.02 Å². The van der Waals surface area contributed by atoms with Gasteiger partial charge < -0.3 is 5.32 Å². The van der Waals surface area contributed by atoms with Gasteiger partial charge >= 0.3 is 0 Å². The Balaban J connectivity index is 1.45. The van der Waals surface area contributed by atoms with Gasteiger partial charge in [0, 0.05) is 17.4 Å². The molecule has 0 saturated carbocycles.